The molecule has 6 nitrogen and oxygen atoms in total. The van der Waals surface area contributed by atoms with E-state index < -0.39 is 0 Å². The molecule has 0 saturated heterocycles. The SMILES string of the molecule is CCC(OC)c1noc(COCCN)n1. The summed E-state index contributed by atoms with van der Waals surface area (Å²) in [5.74, 6) is 1.01. The lowest BCUT2D eigenvalue weighted by atomic mass is 10.3. The van der Waals surface area contributed by atoms with Crippen LogP contribution in [0.3, 0.4) is 0 Å². The van der Waals surface area contributed by atoms with Crippen molar-refractivity contribution in [2.75, 3.05) is 20.3 Å². The summed E-state index contributed by atoms with van der Waals surface area (Å²) < 4.78 is 15.3. The number of rotatable bonds is 7. The van der Waals surface area contributed by atoms with E-state index in [-0.39, 0.29) is 6.10 Å². The van der Waals surface area contributed by atoms with Crippen molar-refractivity contribution < 1.29 is 14.0 Å². The highest BCUT2D eigenvalue weighted by atomic mass is 16.5. The first-order chi connectivity index (χ1) is 7.31. The fourth-order valence-electron chi connectivity index (χ4n) is 1.15. The zero-order chi connectivity index (χ0) is 11.1. The Morgan fingerprint density at radius 1 is 1.53 bits per heavy atom. The molecule has 1 aromatic rings. The van der Waals surface area contributed by atoms with Gasteiger partial charge >= 0.3 is 0 Å². The predicted octanol–water partition coefficient (Wildman–Crippen LogP) is 0.642. The van der Waals surface area contributed by atoms with Crippen molar-refractivity contribution in [1.82, 2.24) is 10.1 Å². The monoisotopic (exact) mass is 215 g/mol. The van der Waals surface area contributed by atoms with Gasteiger partial charge in [-0.15, -0.1) is 0 Å². The van der Waals surface area contributed by atoms with Gasteiger partial charge in [-0.2, -0.15) is 4.98 Å². The summed E-state index contributed by atoms with van der Waals surface area (Å²) in [6.45, 7) is 3.26. The molecule has 1 aromatic heterocycles. The van der Waals surface area contributed by atoms with Gasteiger partial charge in [0.25, 0.3) is 5.89 Å². The van der Waals surface area contributed by atoms with Crippen LogP contribution in [0, 0.1) is 0 Å². The second-order valence-corrected chi connectivity index (χ2v) is 3.02. The standard InChI is InChI=1S/C9H17N3O3/c1-3-7(13-2)9-11-8(15-12-9)6-14-5-4-10/h7H,3-6,10H2,1-2H3. The average molecular weight is 215 g/mol. The van der Waals surface area contributed by atoms with Gasteiger partial charge in [-0.1, -0.05) is 12.1 Å². The highest BCUT2D eigenvalue weighted by molar-refractivity contribution is 4.89. The third-order valence-corrected chi connectivity index (χ3v) is 1.91. The van der Waals surface area contributed by atoms with Crippen LogP contribution in [0.4, 0.5) is 0 Å². The summed E-state index contributed by atoms with van der Waals surface area (Å²) in [4.78, 5) is 4.16. The Morgan fingerprint density at radius 3 is 2.93 bits per heavy atom. The molecule has 0 aliphatic rings. The van der Waals surface area contributed by atoms with Gasteiger partial charge in [0.2, 0.25) is 5.82 Å². The van der Waals surface area contributed by atoms with E-state index in [1.54, 1.807) is 7.11 Å². The molecule has 0 bridgehead atoms. The molecule has 0 aromatic carbocycles. The van der Waals surface area contributed by atoms with Crippen LogP contribution in [0.2, 0.25) is 0 Å². The third-order valence-electron chi connectivity index (χ3n) is 1.91. The smallest absolute Gasteiger partial charge is 0.252 e. The number of aromatic nitrogens is 2. The molecule has 0 radical (unpaired) electrons. The van der Waals surface area contributed by atoms with Crippen molar-refractivity contribution in [1.29, 1.82) is 0 Å². The van der Waals surface area contributed by atoms with Gasteiger partial charge in [0.05, 0.1) is 6.61 Å². The first-order valence-electron chi connectivity index (χ1n) is 4.94. The van der Waals surface area contributed by atoms with E-state index in [0.717, 1.165) is 6.42 Å². The summed E-state index contributed by atoms with van der Waals surface area (Å²) in [6.07, 6.45) is 0.691. The van der Waals surface area contributed by atoms with Crippen LogP contribution >= 0.6 is 0 Å². The fourth-order valence-corrected chi connectivity index (χ4v) is 1.15. The molecule has 1 heterocycles. The predicted molar refractivity (Wildman–Crippen MR) is 53.0 cm³/mol. The van der Waals surface area contributed by atoms with Crippen molar-refractivity contribution in [2.24, 2.45) is 5.73 Å². The summed E-state index contributed by atoms with van der Waals surface area (Å²) >= 11 is 0. The normalized spacial score (nSPS) is 13.0. The summed E-state index contributed by atoms with van der Waals surface area (Å²) in [5.41, 5.74) is 5.28. The molecule has 0 amide bonds. The van der Waals surface area contributed by atoms with Crippen LogP contribution in [-0.4, -0.2) is 30.4 Å². The molecule has 0 aliphatic heterocycles. The Balaban J connectivity index is 2.47. The van der Waals surface area contributed by atoms with Crippen molar-refractivity contribution in [3.63, 3.8) is 0 Å². The van der Waals surface area contributed by atoms with Crippen LogP contribution in [0.1, 0.15) is 31.2 Å². The number of hydrogen-bond donors (Lipinski definition) is 1. The molecule has 15 heavy (non-hydrogen) atoms. The Kier molecular flexibility index (Phi) is 5.23. The van der Waals surface area contributed by atoms with Gasteiger partial charge in [-0.25, -0.2) is 0 Å². The minimum atomic E-state index is -0.114. The van der Waals surface area contributed by atoms with Crippen molar-refractivity contribution in [3.8, 4) is 0 Å². The van der Waals surface area contributed by atoms with Gasteiger partial charge < -0.3 is 19.7 Å². The van der Waals surface area contributed by atoms with Gasteiger partial charge in [0, 0.05) is 13.7 Å². The Labute approximate surface area is 88.7 Å². The quantitative estimate of drug-likeness (QED) is 0.672. The molecule has 6 heteroatoms. The fraction of sp³-hybridized carbons (Fsp3) is 0.778. The maximum Gasteiger partial charge on any atom is 0.252 e. The number of ether oxygens (including phenoxy) is 2. The van der Waals surface area contributed by atoms with Crippen LogP contribution in [-0.2, 0) is 16.1 Å². The lowest BCUT2D eigenvalue weighted by Crippen LogP contribution is -2.08. The molecule has 0 saturated carbocycles. The van der Waals surface area contributed by atoms with Crippen LogP contribution in [0.15, 0.2) is 4.52 Å². The number of hydrogen-bond acceptors (Lipinski definition) is 6. The van der Waals surface area contributed by atoms with E-state index in [1.165, 1.54) is 0 Å². The highest BCUT2D eigenvalue weighted by Gasteiger charge is 2.15. The molecular weight excluding hydrogens is 198 g/mol. The van der Waals surface area contributed by atoms with Gasteiger partial charge in [-0.05, 0) is 6.42 Å². The van der Waals surface area contributed by atoms with E-state index in [4.69, 9.17) is 19.7 Å². The van der Waals surface area contributed by atoms with Crippen LogP contribution in [0.5, 0.6) is 0 Å². The molecule has 86 valence electrons. The Bertz CT molecular complexity index is 273. The van der Waals surface area contributed by atoms with Crippen molar-refractivity contribution in [3.05, 3.63) is 11.7 Å². The number of methoxy groups -OCH3 is 1. The molecule has 1 atom stereocenters. The molecule has 1 rings (SSSR count). The lowest BCUT2D eigenvalue weighted by molar-refractivity contribution is 0.0900. The minimum Gasteiger partial charge on any atom is -0.373 e. The second-order valence-electron chi connectivity index (χ2n) is 3.02. The summed E-state index contributed by atoms with van der Waals surface area (Å²) in [6, 6.07) is 0. The van der Waals surface area contributed by atoms with Gasteiger partial charge in [0.1, 0.15) is 12.7 Å². The maximum atomic E-state index is 5.28. The average Bonchev–Trinajstić information content (AvgIpc) is 2.69. The topological polar surface area (TPSA) is 83.4 Å². The number of nitrogens with zero attached hydrogens (tertiary/aromatic N) is 2. The highest BCUT2D eigenvalue weighted by Crippen LogP contribution is 2.16. The molecule has 0 fully saturated rings. The minimum absolute atomic E-state index is 0.114. The first kappa shape index (κ1) is 12.1. The zero-order valence-electron chi connectivity index (χ0n) is 9.10. The van der Waals surface area contributed by atoms with Gasteiger partial charge in [0.15, 0.2) is 0 Å². The molecule has 2 N–H and O–H groups in total. The van der Waals surface area contributed by atoms with Crippen LogP contribution in [0.25, 0.3) is 0 Å². The maximum absolute atomic E-state index is 5.28. The van der Waals surface area contributed by atoms with Crippen molar-refractivity contribution >= 4 is 0 Å². The Hall–Kier alpha value is -0.980. The van der Waals surface area contributed by atoms with E-state index in [0.29, 0.717) is 31.5 Å². The lowest BCUT2D eigenvalue weighted by Gasteiger charge is -2.05. The first-order valence-corrected chi connectivity index (χ1v) is 4.94. The van der Waals surface area contributed by atoms with E-state index in [1.807, 2.05) is 6.92 Å². The van der Waals surface area contributed by atoms with Crippen LogP contribution < -0.4 is 5.73 Å². The largest absolute Gasteiger partial charge is 0.373 e. The molecule has 1 unspecified atom stereocenters. The van der Waals surface area contributed by atoms with Crippen molar-refractivity contribution in [2.45, 2.75) is 26.1 Å². The molecule has 0 aliphatic carbocycles. The van der Waals surface area contributed by atoms with Gasteiger partial charge in [-0.3, -0.25) is 0 Å². The molecular formula is C9H17N3O3. The third kappa shape index (κ3) is 3.58. The Morgan fingerprint density at radius 2 is 2.33 bits per heavy atom. The summed E-state index contributed by atoms with van der Waals surface area (Å²) in [7, 11) is 1.62. The van der Waals surface area contributed by atoms with E-state index >= 15 is 0 Å². The second kappa shape index (κ2) is 6.49. The number of nitrogens with two attached hydrogens (primary N) is 1. The van der Waals surface area contributed by atoms with E-state index in [2.05, 4.69) is 10.1 Å². The summed E-state index contributed by atoms with van der Waals surface area (Å²) in [5, 5.41) is 3.81. The molecule has 0 spiro atoms. The van der Waals surface area contributed by atoms with E-state index in [9.17, 15) is 0 Å². The zero-order valence-corrected chi connectivity index (χ0v) is 9.10.